The van der Waals surface area contributed by atoms with Crippen molar-refractivity contribution in [3.05, 3.63) is 36.3 Å². The Kier molecular flexibility index (Phi) is 10.5. The summed E-state index contributed by atoms with van der Waals surface area (Å²) in [5.74, 6) is -1.38. The van der Waals surface area contributed by atoms with E-state index in [1.54, 1.807) is 12.1 Å². The number of nitrogens with zero attached hydrogens (tertiary/aromatic N) is 4. The van der Waals surface area contributed by atoms with Gasteiger partial charge in [0, 0.05) is 24.7 Å². The lowest BCUT2D eigenvalue weighted by molar-refractivity contribution is -0.134. The van der Waals surface area contributed by atoms with Crippen molar-refractivity contribution in [2.24, 2.45) is 0 Å². The van der Waals surface area contributed by atoms with Crippen LogP contribution in [0.5, 0.6) is 23.0 Å². The van der Waals surface area contributed by atoms with E-state index in [9.17, 15) is 13.8 Å². The fourth-order valence-corrected chi connectivity index (χ4v) is 3.96. The predicted molar refractivity (Wildman–Crippen MR) is 152 cm³/mol. The van der Waals surface area contributed by atoms with E-state index in [0.29, 0.717) is 22.9 Å². The van der Waals surface area contributed by atoms with Crippen LogP contribution in [-0.2, 0) is 18.7 Å². The van der Waals surface area contributed by atoms with Crippen LogP contribution in [0.4, 0.5) is 33.5 Å². The molecule has 5 N–H and O–H groups in total. The van der Waals surface area contributed by atoms with Crippen molar-refractivity contribution in [2.45, 2.75) is 26.4 Å². The number of amides is 1. The summed E-state index contributed by atoms with van der Waals surface area (Å²) in [5.41, 5.74) is -0.911. The average Bonchev–Trinajstić information content (AvgIpc) is 2.93. The van der Waals surface area contributed by atoms with E-state index < -0.39 is 37.8 Å². The molecule has 2 aromatic heterocycles. The highest BCUT2D eigenvalue weighted by Crippen LogP contribution is 2.42. The Bertz CT molecular complexity index is 1560. The first-order chi connectivity index (χ1) is 20.6. The summed E-state index contributed by atoms with van der Waals surface area (Å²) >= 11 is 0. The number of ether oxygens (including phenoxy) is 4. The SMILES string of the molecule is CC(=O)O.COc1cc(Nc2ncc(F)c(Nc3ccc4c(n3)N(COP(=O)(O)O)C(=O)C(C)(C)O4)n2)cc(OC)c1OC. The smallest absolute Gasteiger partial charge is 0.471 e. The fraction of sp³-hybridized carbons (Fsp3) is 0.320. The van der Waals surface area contributed by atoms with Crippen LogP contribution in [-0.4, -0.2) is 75.4 Å². The second-order valence-electron chi connectivity index (χ2n) is 9.19. The number of carboxylic acids is 1. The number of rotatable bonds is 10. The van der Waals surface area contributed by atoms with Crippen molar-refractivity contribution in [3.63, 3.8) is 0 Å². The first-order valence-corrected chi connectivity index (χ1v) is 13.9. The molecule has 0 aliphatic carbocycles. The Morgan fingerprint density at radius 3 is 2.25 bits per heavy atom. The highest BCUT2D eigenvalue weighted by atomic mass is 31.2. The minimum Gasteiger partial charge on any atom is -0.493 e. The van der Waals surface area contributed by atoms with Gasteiger partial charge in [-0.05, 0) is 26.0 Å². The first-order valence-electron chi connectivity index (χ1n) is 12.4. The van der Waals surface area contributed by atoms with Crippen LogP contribution >= 0.6 is 7.82 Å². The molecular weight excluding hydrogens is 610 g/mol. The fourth-order valence-electron chi connectivity index (χ4n) is 3.69. The van der Waals surface area contributed by atoms with Crippen molar-refractivity contribution in [1.29, 1.82) is 0 Å². The van der Waals surface area contributed by atoms with Gasteiger partial charge < -0.3 is 44.5 Å². The van der Waals surface area contributed by atoms with E-state index >= 15 is 0 Å². The summed E-state index contributed by atoms with van der Waals surface area (Å²) in [7, 11) is -0.521. The molecule has 17 nitrogen and oxygen atoms in total. The monoisotopic (exact) mass is 640 g/mol. The number of nitrogens with one attached hydrogen (secondary N) is 2. The number of fused-ring (bicyclic) bond motifs is 1. The topological polar surface area (TPSA) is 224 Å². The summed E-state index contributed by atoms with van der Waals surface area (Å²) in [6, 6.07) is 6.12. The molecular formula is C25H30FN6O11P. The van der Waals surface area contributed by atoms with E-state index in [4.69, 9.17) is 38.6 Å². The molecule has 3 heterocycles. The van der Waals surface area contributed by atoms with Gasteiger partial charge in [-0.3, -0.25) is 19.0 Å². The quantitative estimate of drug-likeness (QED) is 0.201. The Balaban J connectivity index is 0.00000124. The van der Waals surface area contributed by atoms with Gasteiger partial charge >= 0.3 is 7.82 Å². The number of phosphoric ester groups is 1. The summed E-state index contributed by atoms with van der Waals surface area (Å²) in [6.07, 6.45) is 0.934. The highest BCUT2D eigenvalue weighted by Gasteiger charge is 2.42. The Morgan fingerprint density at radius 2 is 1.70 bits per heavy atom. The lowest BCUT2D eigenvalue weighted by Crippen LogP contribution is -2.53. The molecule has 0 saturated carbocycles. The number of halogens is 1. The van der Waals surface area contributed by atoms with Gasteiger partial charge in [-0.15, -0.1) is 0 Å². The van der Waals surface area contributed by atoms with Gasteiger partial charge in [-0.1, -0.05) is 0 Å². The molecule has 4 rings (SSSR count). The van der Waals surface area contributed by atoms with Crippen molar-refractivity contribution in [1.82, 2.24) is 15.0 Å². The summed E-state index contributed by atoms with van der Waals surface area (Å²) in [5, 5.41) is 13.1. The zero-order chi connectivity index (χ0) is 32.8. The van der Waals surface area contributed by atoms with Gasteiger partial charge in [-0.25, -0.2) is 18.9 Å². The number of carbonyl (C=O) groups excluding carboxylic acids is 1. The zero-order valence-electron chi connectivity index (χ0n) is 24.3. The van der Waals surface area contributed by atoms with Crippen LogP contribution in [0.2, 0.25) is 0 Å². The number of benzene rings is 1. The van der Waals surface area contributed by atoms with Crippen LogP contribution in [0.25, 0.3) is 0 Å². The van der Waals surface area contributed by atoms with E-state index in [-0.39, 0.29) is 29.2 Å². The van der Waals surface area contributed by atoms with Crippen molar-refractivity contribution in [2.75, 3.05) is 43.6 Å². The molecule has 3 aromatic rings. The maximum atomic E-state index is 14.7. The lowest BCUT2D eigenvalue weighted by Gasteiger charge is -2.37. The molecule has 1 amide bonds. The first kappa shape index (κ1) is 33.7. The molecule has 19 heteroatoms. The molecule has 0 saturated heterocycles. The number of aliphatic carboxylic acids is 1. The number of aromatic nitrogens is 3. The van der Waals surface area contributed by atoms with E-state index in [1.807, 2.05) is 0 Å². The van der Waals surface area contributed by atoms with Gasteiger partial charge in [0.05, 0.1) is 27.5 Å². The molecule has 1 aromatic carbocycles. The van der Waals surface area contributed by atoms with Crippen LogP contribution in [0.15, 0.2) is 30.5 Å². The third-order valence-corrected chi connectivity index (χ3v) is 5.94. The predicted octanol–water partition coefficient (Wildman–Crippen LogP) is 3.19. The van der Waals surface area contributed by atoms with Gasteiger partial charge in [0.25, 0.3) is 11.9 Å². The minimum absolute atomic E-state index is 0.00747. The third-order valence-electron chi connectivity index (χ3n) is 5.49. The number of carbonyl (C=O) groups is 2. The molecule has 0 unspecified atom stereocenters. The number of methoxy groups -OCH3 is 3. The largest absolute Gasteiger partial charge is 0.493 e. The Labute approximate surface area is 250 Å². The number of anilines is 5. The van der Waals surface area contributed by atoms with Crippen LogP contribution in [0.1, 0.15) is 20.8 Å². The maximum absolute atomic E-state index is 14.7. The molecule has 44 heavy (non-hydrogen) atoms. The van der Waals surface area contributed by atoms with Gasteiger partial charge in [0.1, 0.15) is 12.5 Å². The van der Waals surface area contributed by atoms with Crippen LogP contribution in [0, 0.1) is 5.82 Å². The van der Waals surface area contributed by atoms with Crippen molar-refractivity contribution >= 4 is 48.8 Å². The second kappa shape index (κ2) is 13.7. The van der Waals surface area contributed by atoms with Crippen molar-refractivity contribution in [3.8, 4) is 23.0 Å². The Morgan fingerprint density at radius 1 is 1.09 bits per heavy atom. The lowest BCUT2D eigenvalue weighted by atomic mass is 10.1. The zero-order valence-corrected chi connectivity index (χ0v) is 25.2. The molecule has 0 bridgehead atoms. The number of phosphoric acid groups is 1. The summed E-state index contributed by atoms with van der Waals surface area (Å²) in [6.45, 7) is 3.24. The number of hydrogen-bond donors (Lipinski definition) is 5. The second-order valence-corrected chi connectivity index (χ2v) is 10.4. The molecule has 1 aliphatic heterocycles. The summed E-state index contributed by atoms with van der Waals surface area (Å²) < 4.78 is 52.1. The summed E-state index contributed by atoms with van der Waals surface area (Å²) in [4.78, 5) is 53.4. The Hall–Kier alpha value is -4.77. The highest BCUT2D eigenvalue weighted by molar-refractivity contribution is 7.46. The molecule has 0 fully saturated rings. The minimum atomic E-state index is -4.91. The molecule has 1 aliphatic rings. The molecule has 238 valence electrons. The van der Waals surface area contributed by atoms with Gasteiger partial charge in [0.2, 0.25) is 11.7 Å². The third kappa shape index (κ3) is 8.41. The van der Waals surface area contributed by atoms with Gasteiger partial charge in [0.15, 0.2) is 40.3 Å². The standard InChI is InChI=1S/C23H26FN6O9P.C2H4O2/c1-23(2)21(31)30(11-38-40(32,33)34)20-14(39-23)6-7-17(28-20)27-19-13(24)10-25-22(29-19)26-12-8-15(35-3)18(37-5)16(9-12)36-4;1-2(3)4/h6-10H,11H2,1-5H3,(H2,32,33,34)(H2,25,26,27,28,29);1H3,(H,3,4). The number of pyridine rings is 1. The molecule has 0 atom stereocenters. The van der Waals surface area contributed by atoms with E-state index in [2.05, 4.69) is 30.1 Å². The van der Waals surface area contributed by atoms with Gasteiger partial charge in [-0.2, -0.15) is 4.98 Å². The maximum Gasteiger partial charge on any atom is 0.471 e. The number of carboxylic acid groups (broad SMARTS) is 1. The average molecular weight is 641 g/mol. The molecule has 0 radical (unpaired) electrons. The van der Waals surface area contributed by atoms with Crippen LogP contribution < -0.4 is 34.5 Å². The van der Waals surface area contributed by atoms with Crippen molar-refractivity contribution < 1.29 is 56.9 Å². The normalized spacial score (nSPS) is 13.5. The molecule has 0 spiro atoms. The van der Waals surface area contributed by atoms with Crippen LogP contribution in [0.3, 0.4) is 0 Å². The van der Waals surface area contributed by atoms with E-state index in [0.717, 1.165) is 18.0 Å². The number of hydrogen-bond acceptors (Lipinski definition) is 13. The van der Waals surface area contributed by atoms with E-state index in [1.165, 1.54) is 47.3 Å².